The van der Waals surface area contributed by atoms with Crippen LogP contribution in [0.5, 0.6) is 0 Å². The Morgan fingerprint density at radius 3 is 2.67 bits per heavy atom. The van der Waals surface area contributed by atoms with Crippen LogP contribution in [0.1, 0.15) is 0 Å². The molecule has 0 aromatic heterocycles. The SMILES string of the molecule is CO/C=C/C=C/C(=O)O. The van der Waals surface area contributed by atoms with Crippen molar-refractivity contribution in [2.24, 2.45) is 0 Å². The van der Waals surface area contributed by atoms with Gasteiger partial charge in [0.1, 0.15) is 0 Å². The summed E-state index contributed by atoms with van der Waals surface area (Å²) >= 11 is 0. The van der Waals surface area contributed by atoms with Gasteiger partial charge in [0.25, 0.3) is 0 Å². The van der Waals surface area contributed by atoms with Gasteiger partial charge in [-0.3, -0.25) is 0 Å². The molecule has 0 unspecified atom stereocenters. The number of carbonyl (C=O) groups is 1. The molecule has 0 saturated heterocycles. The Kier molecular flexibility index (Phi) is 4.22. The van der Waals surface area contributed by atoms with Crippen molar-refractivity contribution in [3.8, 4) is 0 Å². The van der Waals surface area contributed by atoms with Crippen molar-refractivity contribution in [1.29, 1.82) is 0 Å². The van der Waals surface area contributed by atoms with Gasteiger partial charge in [0, 0.05) is 6.08 Å². The molecule has 0 aliphatic carbocycles. The van der Waals surface area contributed by atoms with Crippen LogP contribution in [0.2, 0.25) is 0 Å². The van der Waals surface area contributed by atoms with Crippen molar-refractivity contribution in [3.05, 3.63) is 24.5 Å². The van der Waals surface area contributed by atoms with Crippen molar-refractivity contribution in [2.75, 3.05) is 7.11 Å². The molecular weight excluding hydrogens is 120 g/mol. The van der Waals surface area contributed by atoms with Gasteiger partial charge >= 0.3 is 5.97 Å². The van der Waals surface area contributed by atoms with Gasteiger partial charge in [-0.05, 0) is 6.08 Å². The minimum Gasteiger partial charge on any atom is -0.504 e. The fourth-order valence-electron chi connectivity index (χ4n) is 0.262. The van der Waals surface area contributed by atoms with E-state index >= 15 is 0 Å². The molecule has 3 nitrogen and oxygen atoms in total. The van der Waals surface area contributed by atoms with Crippen LogP contribution in [0, 0.1) is 0 Å². The van der Waals surface area contributed by atoms with Crippen molar-refractivity contribution < 1.29 is 14.6 Å². The van der Waals surface area contributed by atoms with Crippen LogP contribution < -0.4 is 0 Å². The first-order valence-corrected chi connectivity index (χ1v) is 2.36. The molecule has 9 heavy (non-hydrogen) atoms. The van der Waals surface area contributed by atoms with Crippen molar-refractivity contribution in [3.63, 3.8) is 0 Å². The third kappa shape index (κ3) is 6.75. The molecule has 0 saturated carbocycles. The minimum atomic E-state index is -0.962. The number of ether oxygens (including phenoxy) is 1. The first kappa shape index (κ1) is 7.75. The standard InChI is InChI=1S/C6H8O3/c1-9-5-3-2-4-6(7)8/h2-5H,1H3,(H,7,8)/b4-2+,5-3+. The summed E-state index contributed by atoms with van der Waals surface area (Å²) in [6.07, 6.45) is 5.29. The average molecular weight is 128 g/mol. The second kappa shape index (κ2) is 4.90. The molecule has 0 atom stereocenters. The first-order chi connectivity index (χ1) is 4.27. The zero-order valence-corrected chi connectivity index (χ0v) is 5.07. The van der Waals surface area contributed by atoms with Gasteiger partial charge in [-0.2, -0.15) is 0 Å². The lowest BCUT2D eigenvalue weighted by Gasteiger charge is -1.79. The van der Waals surface area contributed by atoms with Crippen molar-refractivity contribution >= 4 is 5.97 Å². The molecule has 0 rings (SSSR count). The largest absolute Gasteiger partial charge is 0.504 e. The Morgan fingerprint density at radius 2 is 2.22 bits per heavy atom. The van der Waals surface area contributed by atoms with E-state index in [0.29, 0.717) is 0 Å². The van der Waals surface area contributed by atoms with Crippen molar-refractivity contribution in [2.45, 2.75) is 0 Å². The minimum absolute atomic E-state index is 0.962. The Morgan fingerprint density at radius 1 is 1.56 bits per heavy atom. The number of aliphatic carboxylic acids is 1. The molecule has 3 heteroatoms. The second-order valence-electron chi connectivity index (χ2n) is 1.26. The Labute approximate surface area is 53.3 Å². The third-order valence-corrected chi connectivity index (χ3v) is 0.565. The second-order valence-corrected chi connectivity index (χ2v) is 1.26. The zero-order valence-electron chi connectivity index (χ0n) is 5.07. The monoisotopic (exact) mass is 128 g/mol. The van der Waals surface area contributed by atoms with Crippen LogP contribution in [0.15, 0.2) is 24.5 Å². The van der Waals surface area contributed by atoms with E-state index in [9.17, 15) is 4.79 Å². The summed E-state index contributed by atoms with van der Waals surface area (Å²) in [5, 5.41) is 8.05. The highest BCUT2D eigenvalue weighted by Crippen LogP contribution is 1.76. The number of methoxy groups -OCH3 is 1. The maximum atomic E-state index is 9.80. The summed E-state index contributed by atoms with van der Waals surface area (Å²) in [5.74, 6) is -0.962. The predicted molar refractivity (Wildman–Crippen MR) is 32.9 cm³/mol. The van der Waals surface area contributed by atoms with E-state index in [1.165, 1.54) is 25.5 Å². The van der Waals surface area contributed by atoms with Crippen LogP contribution in [-0.2, 0) is 9.53 Å². The Balaban J connectivity index is 3.47. The lowest BCUT2D eigenvalue weighted by molar-refractivity contribution is -0.131. The maximum Gasteiger partial charge on any atom is 0.328 e. The smallest absolute Gasteiger partial charge is 0.328 e. The van der Waals surface area contributed by atoms with Gasteiger partial charge in [0.2, 0.25) is 0 Å². The number of hydrogen-bond donors (Lipinski definition) is 1. The highest BCUT2D eigenvalue weighted by molar-refractivity contribution is 5.80. The average Bonchev–Trinajstić information content (AvgIpc) is 1.80. The van der Waals surface area contributed by atoms with Crippen molar-refractivity contribution in [1.82, 2.24) is 0 Å². The summed E-state index contributed by atoms with van der Waals surface area (Å²) < 4.78 is 4.50. The molecule has 0 amide bonds. The Bertz CT molecular complexity index is 135. The van der Waals surface area contributed by atoms with Crippen LogP contribution in [0.3, 0.4) is 0 Å². The number of allylic oxidation sites excluding steroid dienone is 2. The van der Waals surface area contributed by atoms with E-state index in [0.717, 1.165) is 6.08 Å². The van der Waals surface area contributed by atoms with Crippen LogP contribution in [0.25, 0.3) is 0 Å². The van der Waals surface area contributed by atoms with Crippen LogP contribution in [0.4, 0.5) is 0 Å². The molecule has 0 bridgehead atoms. The quantitative estimate of drug-likeness (QED) is 0.347. The lowest BCUT2D eigenvalue weighted by Crippen LogP contribution is -1.84. The molecule has 0 fully saturated rings. The number of carboxylic acids is 1. The molecule has 0 aliphatic rings. The van der Waals surface area contributed by atoms with E-state index in [2.05, 4.69) is 4.74 Å². The van der Waals surface area contributed by atoms with Gasteiger partial charge in [0.05, 0.1) is 13.4 Å². The van der Waals surface area contributed by atoms with Crippen LogP contribution in [-0.4, -0.2) is 18.2 Å². The van der Waals surface area contributed by atoms with E-state index < -0.39 is 5.97 Å². The van der Waals surface area contributed by atoms with E-state index in [1.807, 2.05) is 0 Å². The number of carboxylic acid groups (broad SMARTS) is 1. The highest BCUT2D eigenvalue weighted by Gasteiger charge is 1.79. The van der Waals surface area contributed by atoms with E-state index in [-0.39, 0.29) is 0 Å². The fourth-order valence-corrected chi connectivity index (χ4v) is 0.262. The van der Waals surface area contributed by atoms with Gasteiger partial charge in [0.15, 0.2) is 0 Å². The van der Waals surface area contributed by atoms with Gasteiger partial charge in [-0.25, -0.2) is 4.79 Å². The van der Waals surface area contributed by atoms with Crippen LogP contribution >= 0.6 is 0 Å². The molecular formula is C6H8O3. The lowest BCUT2D eigenvalue weighted by atomic mass is 10.5. The molecule has 50 valence electrons. The topological polar surface area (TPSA) is 46.5 Å². The Hall–Kier alpha value is -1.25. The molecule has 0 aromatic rings. The third-order valence-electron chi connectivity index (χ3n) is 0.565. The van der Waals surface area contributed by atoms with Gasteiger partial charge in [-0.1, -0.05) is 6.08 Å². The summed E-state index contributed by atoms with van der Waals surface area (Å²) in [7, 11) is 1.49. The molecule has 0 spiro atoms. The molecule has 0 aliphatic heterocycles. The first-order valence-electron chi connectivity index (χ1n) is 2.36. The molecule has 1 N–H and O–H groups in total. The summed E-state index contributed by atoms with van der Waals surface area (Å²) in [6, 6.07) is 0. The summed E-state index contributed by atoms with van der Waals surface area (Å²) in [4.78, 5) is 9.80. The predicted octanol–water partition coefficient (Wildman–Crippen LogP) is 0.787. The van der Waals surface area contributed by atoms with E-state index in [1.54, 1.807) is 0 Å². The number of rotatable bonds is 3. The highest BCUT2D eigenvalue weighted by atomic mass is 16.5. The maximum absolute atomic E-state index is 9.80. The van der Waals surface area contributed by atoms with Gasteiger partial charge in [-0.15, -0.1) is 0 Å². The molecule has 0 heterocycles. The van der Waals surface area contributed by atoms with E-state index in [4.69, 9.17) is 5.11 Å². The summed E-state index contributed by atoms with van der Waals surface area (Å²) in [6.45, 7) is 0. The van der Waals surface area contributed by atoms with Gasteiger partial charge < -0.3 is 9.84 Å². The molecule has 0 aromatic carbocycles. The summed E-state index contributed by atoms with van der Waals surface area (Å²) in [5.41, 5.74) is 0. The fraction of sp³-hybridized carbons (Fsp3) is 0.167. The molecule has 0 radical (unpaired) electrons. The number of hydrogen-bond acceptors (Lipinski definition) is 2. The normalized spacial score (nSPS) is 10.8. The zero-order chi connectivity index (χ0) is 7.11.